The zero-order valence-corrected chi connectivity index (χ0v) is 9.40. The van der Waals surface area contributed by atoms with Crippen LogP contribution in [0.2, 0.25) is 0 Å². The van der Waals surface area contributed by atoms with Gasteiger partial charge in [0.05, 0.1) is 17.5 Å². The lowest BCUT2D eigenvalue weighted by Gasteiger charge is -2.19. The smallest absolute Gasteiger partial charge is 0.337 e. The van der Waals surface area contributed by atoms with Crippen molar-refractivity contribution in [3.05, 3.63) is 23.5 Å². The van der Waals surface area contributed by atoms with Gasteiger partial charge in [-0.1, -0.05) is 20.8 Å². The number of rotatable bonds is 1. The molecule has 0 atom stereocenters. The quantitative estimate of drug-likeness (QED) is 0.768. The van der Waals surface area contributed by atoms with E-state index in [0.717, 1.165) is 0 Å². The molecule has 0 spiro atoms. The molecule has 0 aliphatic heterocycles. The molecule has 0 aliphatic rings. The number of fused-ring (bicyclic) bond motifs is 1. The van der Waals surface area contributed by atoms with E-state index in [9.17, 15) is 4.79 Å². The van der Waals surface area contributed by atoms with Crippen LogP contribution in [0.1, 0.15) is 36.8 Å². The Hall–Kier alpha value is -1.91. The summed E-state index contributed by atoms with van der Waals surface area (Å²) in [4.78, 5) is 15.5. The molecule has 2 aromatic rings. The molecule has 0 aromatic carbocycles. The van der Waals surface area contributed by atoms with Gasteiger partial charge in [0, 0.05) is 10.8 Å². The predicted molar refractivity (Wildman–Crippen MR) is 59.5 cm³/mol. The Labute approximate surface area is 92.5 Å². The molecular weight excluding hydrogens is 206 g/mol. The number of aromatic carboxylic acids is 1. The minimum absolute atomic E-state index is 0.237. The minimum Gasteiger partial charge on any atom is -0.478 e. The first kappa shape index (κ1) is 10.6. The van der Waals surface area contributed by atoms with E-state index in [1.165, 1.54) is 0 Å². The van der Waals surface area contributed by atoms with E-state index in [0.29, 0.717) is 16.7 Å². The normalized spacial score (nSPS) is 11.9. The summed E-state index contributed by atoms with van der Waals surface area (Å²) in [5, 5.41) is 16.5. The highest BCUT2D eigenvalue weighted by Gasteiger charge is 2.24. The third-order valence-electron chi connectivity index (χ3n) is 2.37. The molecule has 0 amide bonds. The molecule has 2 heterocycles. The molecule has 2 aromatic heterocycles. The fourth-order valence-corrected chi connectivity index (χ4v) is 1.61. The highest BCUT2D eigenvalue weighted by molar-refractivity contribution is 5.93. The van der Waals surface area contributed by atoms with E-state index in [1.807, 2.05) is 20.8 Å². The number of carboxylic acid groups (broad SMARTS) is 1. The molecule has 5 nitrogen and oxygen atoms in total. The van der Waals surface area contributed by atoms with Crippen LogP contribution in [0.15, 0.2) is 12.3 Å². The molecule has 0 fully saturated rings. The lowest BCUT2D eigenvalue weighted by Crippen LogP contribution is -2.19. The van der Waals surface area contributed by atoms with Crippen molar-refractivity contribution >= 4 is 17.0 Å². The standard InChI is InChI=1S/C11H13N3O2/c1-11(2,3)8-7(10(15)16)4-6-5-12-14-9(6)13-8/h4-5H,1-3H3,(H,15,16)(H,12,13,14). The highest BCUT2D eigenvalue weighted by atomic mass is 16.4. The molecule has 16 heavy (non-hydrogen) atoms. The maximum Gasteiger partial charge on any atom is 0.337 e. The molecule has 0 radical (unpaired) electrons. The van der Waals surface area contributed by atoms with Gasteiger partial charge in [-0.05, 0) is 6.07 Å². The summed E-state index contributed by atoms with van der Waals surface area (Å²) in [5.74, 6) is -0.958. The first-order valence-corrected chi connectivity index (χ1v) is 4.97. The summed E-state index contributed by atoms with van der Waals surface area (Å²) in [5.41, 5.74) is 1.11. The minimum atomic E-state index is -0.958. The molecular formula is C11H13N3O2. The summed E-state index contributed by atoms with van der Waals surface area (Å²) in [7, 11) is 0. The van der Waals surface area contributed by atoms with Crippen molar-refractivity contribution in [2.45, 2.75) is 26.2 Å². The van der Waals surface area contributed by atoms with Crippen molar-refractivity contribution in [3.8, 4) is 0 Å². The SMILES string of the molecule is CC(C)(C)c1nc2[nH]ncc2cc1C(=O)O. The van der Waals surface area contributed by atoms with Crippen LogP contribution in [0.3, 0.4) is 0 Å². The number of aromatic nitrogens is 3. The molecule has 2 N–H and O–H groups in total. The van der Waals surface area contributed by atoms with Crippen LogP contribution >= 0.6 is 0 Å². The second-order valence-corrected chi connectivity index (χ2v) is 4.75. The molecule has 0 aliphatic carbocycles. The second-order valence-electron chi connectivity index (χ2n) is 4.75. The summed E-state index contributed by atoms with van der Waals surface area (Å²) in [6, 6.07) is 1.61. The zero-order valence-electron chi connectivity index (χ0n) is 9.40. The van der Waals surface area contributed by atoms with E-state index in [2.05, 4.69) is 15.2 Å². The Bertz CT molecular complexity index is 552. The lowest BCUT2D eigenvalue weighted by atomic mass is 9.88. The first-order chi connectivity index (χ1) is 7.39. The maximum absolute atomic E-state index is 11.2. The number of carboxylic acids is 1. The van der Waals surface area contributed by atoms with Crippen LogP contribution < -0.4 is 0 Å². The molecule has 0 saturated carbocycles. The van der Waals surface area contributed by atoms with Gasteiger partial charge in [-0.2, -0.15) is 5.10 Å². The number of carbonyl (C=O) groups is 1. The largest absolute Gasteiger partial charge is 0.478 e. The van der Waals surface area contributed by atoms with Crippen molar-refractivity contribution in [1.29, 1.82) is 0 Å². The molecule has 2 rings (SSSR count). The van der Waals surface area contributed by atoms with Gasteiger partial charge in [0.1, 0.15) is 0 Å². The molecule has 84 valence electrons. The van der Waals surface area contributed by atoms with E-state index < -0.39 is 5.97 Å². The number of H-pyrrole nitrogens is 1. The van der Waals surface area contributed by atoms with Gasteiger partial charge in [0.2, 0.25) is 0 Å². The van der Waals surface area contributed by atoms with Gasteiger partial charge in [0.25, 0.3) is 0 Å². The van der Waals surface area contributed by atoms with Crippen molar-refractivity contribution in [1.82, 2.24) is 15.2 Å². The second kappa shape index (κ2) is 3.30. The number of aromatic amines is 1. The number of hydrogen-bond donors (Lipinski definition) is 2. The molecule has 0 bridgehead atoms. The van der Waals surface area contributed by atoms with E-state index in [4.69, 9.17) is 5.11 Å². The van der Waals surface area contributed by atoms with Gasteiger partial charge in [-0.25, -0.2) is 9.78 Å². The Morgan fingerprint density at radius 2 is 2.12 bits per heavy atom. The number of nitrogens with zero attached hydrogens (tertiary/aromatic N) is 2. The van der Waals surface area contributed by atoms with E-state index in [1.54, 1.807) is 12.3 Å². The molecule has 0 saturated heterocycles. The monoisotopic (exact) mass is 219 g/mol. The van der Waals surface area contributed by atoms with Crippen LogP contribution in [0, 0.1) is 0 Å². The van der Waals surface area contributed by atoms with E-state index in [-0.39, 0.29) is 11.0 Å². The van der Waals surface area contributed by atoms with Gasteiger partial charge in [-0.3, -0.25) is 5.10 Å². The van der Waals surface area contributed by atoms with Crippen LogP contribution in [0.5, 0.6) is 0 Å². The average Bonchev–Trinajstić information content (AvgIpc) is 2.60. The fraction of sp³-hybridized carbons (Fsp3) is 0.364. The van der Waals surface area contributed by atoms with Crippen LogP contribution in [0.25, 0.3) is 11.0 Å². The van der Waals surface area contributed by atoms with Gasteiger partial charge in [0.15, 0.2) is 5.65 Å². The molecule has 0 unspecified atom stereocenters. The number of nitrogens with one attached hydrogen (secondary N) is 1. The third-order valence-corrected chi connectivity index (χ3v) is 2.37. The average molecular weight is 219 g/mol. The van der Waals surface area contributed by atoms with Crippen LogP contribution in [0.4, 0.5) is 0 Å². The highest BCUT2D eigenvalue weighted by Crippen LogP contribution is 2.26. The van der Waals surface area contributed by atoms with Gasteiger partial charge >= 0.3 is 5.97 Å². The summed E-state index contributed by atoms with van der Waals surface area (Å²) >= 11 is 0. The van der Waals surface area contributed by atoms with Gasteiger partial charge in [-0.15, -0.1) is 0 Å². The fourth-order valence-electron chi connectivity index (χ4n) is 1.61. The summed E-state index contributed by atoms with van der Waals surface area (Å²) in [6.07, 6.45) is 1.57. The Kier molecular flexibility index (Phi) is 2.18. The Morgan fingerprint density at radius 3 is 2.69 bits per heavy atom. The number of pyridine rings is 1. The third kappa shape index (κ3) is 1.64. The maximum atomic E-state index is 11.2. The lowest BCUT2D eigenvalue weighted by molar-refractivity contribution is 0.0693. The van der Waals surface area contributed by atoms with Gasteiger partial charge < -0.3 is 5.11 Å². The summed E-state index contributed by atoms with van der Waals surface area (Å²) in [6.45, 7) is 5.80. The first-order valence-electron chi connectivity index (χ1n) is 4.97. The van der Waals surface area contributed by atoms with E-state index >= 15 is 0 Å². The Balaban J connectivity index is 2.77. The predicted octanol–water partition coefficient (Wildman–Crippen LogP) is 1.95. The van der Waals surface area contributed by atoms with Crippen molar-refractivity contribution in [2.24, 2.45) is 0 Å². The van der Waals surface area contributed by atoms with Crippen molar-refractivity contribution in [3.63, 3.8) is 0 Å². The van der Waals surface area contributed by atoms with Crippen LogP contribution in [-0.2, 0) is 5.41 Å². The topological polar surface area (TPSA) is 78.9 Å². The summed E-state index contributed by atoms with van der Waals surface area (Å²) < 4.78 is 0. The van der Waals surface area contributed by atoms with Crippen molar-refractivity contribution < 1.29 is 9.90 Å². The van der Waals surface area contributed by atoms with Crippen LogP contribution in [-0.4, -0.2) is 26.3 Å². The number of hydrogen-bond acceptors (Lipinski definition) is 3. The zero-order chi connectivity index (χ0) is 11.9. The van der Waals surface area contributed by atoms with Crippen molar-refractivity contribution in [2.75, 3.05) is 0 Å². The Morgan fingerprint density at radius 1 is 1.44 bits per heavy atom. The molecule has 5 heteroatoms.